The Morgan fingerprint density at radius 3 is 2.81 bits per heavy atom. The van der Waals surface area contributed by atoms with Crippen LogP contribution in [0.2, 0.25) is 0 Å². The number of hydrogen-bond acceptors (Lipinski definition) is 3. The van der Waals surface area contributed by atoms with E-state index in [9.17, 15) is 8.42 Å². The Labute approximate surface area is 127 Å². The molecule has 4 nitrogen and oxygen atoms in total. The van der Waals surface area contributed by atoms with Crippen molar-refractivity contribution in [2.45, 2.75) is 38.3 Å². The molecule has 2 aliphatic rings. The number of hydrogen-bond donors (Lipinski definition) is 0. The zero-order chi connectivity index (χ0) is 15.0. The van der Waals surface area contributed by atoms with Crippen molar-refractivity contribution >= 4 is 10.0 Å². The van der Waals surface area contributed by atoms with Crippen LogP contribution < -0.4 is 0 Å². The molecule has 0 N–H and O–H groups in total. The largest absolute Gasteiger partial charge is 0.296 e. The van der Waals surface area contributed by atoms with E-state index in [4.69, 9.17) is 0 Å². The molecule has 1 unspecified atom stereocenters. The number of fused-ring (bicyclic) bond motifs is 3. The van der Waals surface area contributed by atoms with E-state index in [-0.39, 0.29) is 11.8 Å². The zero-order valence-corrected chi connectivity index (χ0v) is 13.6. The molecule has 0 aliphatic carbocycles. The van der Waals surface area contributed by atoms with Gasteiger partial charge in [0.25, 0.3) is 0 Å². The van der Waals surface area contributed by atoms with E-state index >= 15 is 0 Å². The zero-order valence-electron chi connectivity index (χ0n) is 12.8. The van der Waals surface area contributed by atoms with Crippen molar-refractivity contribution in [2.75, 3.05) is 25.9 Å². The summed E-state index contributed by atoms with van der Waals surface area (Å²) in [7, 11) is -1.35. The maximum absolute atomic E-state index is 12.1. The van der Waals surface area contributed by atoms with Gasteiger partial charge in [0.1, 0.15) is 0 Å². The third kappa shape index (κ3) is 2.74. The van der Waals surface area contributed by atoms with Crippen LogP contribution in [0.5, 0.6) is 0 Å². The topological polar surface area (TPSA) is 40.6 Å². The van der Waals surface area contributed by atoms with Gasteiger partial charge in [0.05, 0.1) is 5.75 Å². The number of benzene rings is 1. The van der Waals surface area contributed by atoms with Crippen LogP contribution in [0.25, 0.3) is 0 Å². The first kappa shape index (κ1) is 15.0. The van der Waals surface area contributed by atoms with Crippen LogP contribution in [0.1, 0.15) is 36.9 Å². The summed E-state index contributed by atoms with van der Waals surface area (Å²) in [6, 6.07) is 9.12. The van der Waals surface area contributed by atoms with E-state index in [0.717, 1.165) is 32.4 Å². The van der Waals surface area contributed by atoms with Crippen molar-refractivity contribution in [3.8, 4) is 0 Å². The minimum atomic E-state index is -3.10. The molecule has 0 radical (unpaired) electrons. The van der Waals surface area contributed by atoms with E-state index in [0.29, 0.717) is 6.04 Å². The summed E-state index contributed by atoms with van der Waals surface area (Å²) in [6.45, 7) is 3.81. The van der Waals surface area contributed by atoms with Crippen molar-refractivity contribution in [1.82, 2.24) is 9.21 Å². The Bertz CT molecular complexity index is 614. The molecule has 1 aromatic carbocycles. The lowest BCUT2D eigenvalue weighted by atomic mass is 9.85. The van der Waals surface area contributed by atoms with Gasteiger partial charge in [-0.1, -0.05) is 24.3 Å². The highest BCUT2D eigenvalue weighted by atomic mass is 32.2. The number of rotatable bonds is 3. The normalized spacial score (nSPS) is 26.4. The molecule has 0 amide bonds. The van der Waals surface area contributed by atoms with Gasteiger partial charge in [-0.05, 0) is 37.3 Å². The van der Waals surface area contributed by atoms with Crippen LogP contribution in [0.4, 0.5) is 0 Å². The van der Waals surface area contributed by atoms with Gasteiger partial charge >= 0.3 is 0 Å². The lowest BCUT2D eigenvalue weighted by molar-refractivity contribution is 0.0970. The number of piperidine rings is 1. The molecule has 21 heavy (non-hydrogen) atoms. The van der Waals surface area contributed by atoms with E-state index in [2.05, 4.69) is 29.2 Å². The third-order valence-corrected chi connectivity index (χ3v) is 6.99. The Kier molecular flexibility index (Phi) is 4.08. The summed E-state index contributed by atoms with van der Waals surface area (Å²) in [5, 5.41) is 0. The molecule has 0 aromatic heterocycles. The maximum Gasteiger partial charge on any atom is 0.213 e. The van der Waals surface area contributed by atoms with Gasteiger partial charge in [0, 0.05) is 32.2 Å². The Morgan fingerprint density at radius 1 is 1.29 bits per heavy atom. The summed E-state index contributed by atoms with van der Waals surface area (Å²) < 4.78 is 25.8. The molecule has 2 atom stereocenters. The second-order valence-electron chi connectivity index (χ2n) is 6.10. The SMILES string of the molecule is CCS(=O)(=O)N(C)[C@@H]1CCN2CCc3ccccc3C2C1. The standard InChI is InChI=1S/C16H24N2O2S/c1-3-21(19,20)17(2)14-9-11-18-10-8-13-6-4-5-7-15(13)16(18)12-14/h4-7,14,16H,3,8-12H2,1-2H3/t14-,16?/m1/s1. The van der Waals surface area contributed by atoms with Gasteiger partial charge in [-0.25, -0.2) is 12.7 Å². The third-order valence-electron chi connectivity index (χ3n) is 5.09. The fourth-order valence-corrected chi connectivity index (χ4v) is 4.75. The second kappa shape index (κ2) is 5.71. The van der Waals surface area contributed by atoms with Crippen molar-refractivity contribution in [3.63, 3.8) is 0 Å². The minimum Gasteiger partial charge on any atom is -0.296 e. The van der Waals surface area contributed by atoms with Gasteiger partial charge in [0.2, 0.25) is 10.0 Å². The molecule has 1 aromatic rings. The van der Waals surface area contributed by atoms with Crippen LogP contribution >= 0.6 is 0 Å². The molecule has 1 fully saturated rings. The predicted octanol–water partition coefficient (Wildman–Crippen LogP) is 2.03. The summed E-state index contributed by atoms with van der Waals surface area (Å²) in [5.41, 5.74) is 2.83. The monoisotopic (exact) mass is 308 g/mol. The Morgan fingerprint density at radius 2 is 2.05 bits per heavy atom. The van der Waals surface area contributed by atoms with Crippen molar-refractivity contribution in [3.05, 3.63) is 35.4 Å². The molecular formula is C16H24N2O2S. The molecule has 3 rings (SSSR count). The first-order valence-corrected chi connectivity index (χ1v) is 9.41. The Hall–Kier alpha value is -0.910. The van der Waals surface area contributed by atoms with Crippen LogP contribution in [0, 0.1) is 0 Å². The van der Waals surface area contributed by atoms with E-state index in [1.165, 1.54) is 11.1 Å². The highest BCUT2D eigenvalue weighted by Gasteiger charge is 2.37. The van der Waals surface area contributed by atoms with Crippen LogP contribution in [-0.2, 0) is 16.4 Å². The predicted molar refractivity (Wildman–Crippen MR) is 84.7 cm³/mol. The molecule has 2 aliphatic heterocycles. The summed E-state index contributed by atoms with van der Waals surface area (Å²) in [6.07, 6.45) is 2.96. The average molecular weight is 308 g/mol. The van der Waals surface area contributed by atoms with Crippen molar-refractivity contribution in [2.24, 2.45) is 0 Å². The van der Waals surface area contributed by atoms with Gasteiger partial charge in [-0.2, -0.15) is 0 Å². The first-order chi connectivity index (χ1) is 10.0. The highest BCUT2D eigenvalue weighted by Crippen LogP contribution is 2.38. The summed E-state index contributed by atoms with van der Waals surface area (Å²) in [4.78, 5) is 2.52. The van der Waals surface area contributed by atoms with E-state index in [1.807, 2.05) is 0 Å². The molecular weight excluding hydrogens is 284 g/mol. The average Bonchev–Trinajstić information content (AvgIpc) is 2.53. The summed E-state index contributed by atoms with van der Waals surface area (Å²) in [5.74, 6) is 0.185. The van der Waals surface area contributed by atoms with Crippen molar-refractivity contribution < 1.29 is 8.42 Å². The van der Waals surface area contributed by atoms with E-state index < -0.39 is 10.0 Å². The molecule has 0 spiro atoms. The lowest BCUT2D eigenvalue weighted by Gasteiger charge is -2.45. The van der Waals surface area contributed by atoms with Crippen LogP contribution in [0.15, 0.2) is 24.3 Å². The smallest absolute Gasteiger partial charge is 0.213 e. The van der Waals surface area contributed by atoms with E-state index in [1.54, 1.807) is 18.3 Å². The van der Waals surface area contributed by atoms with Gasteiger partial charge < -0.3 is 0 Å². The van der Waals surface area contributed by atoms with Crippen LogP contribution in [-0.4, -0.2) is 49.6 Å². The minimum absolute atomic E-state index is 0.127. The maximum atomic E-state index is 12.1. The first-order valence-electron chi connectivity index (χ1n) is 7.80. The summed E-state index contributed by atoms with van der Waals surface area (Å²) >= 11 is 0. The Balaban J connectivity index is 1.84. The molecule has 1 saturated heterocycles. The van der Waals surface area contributed by atoms with Gasteiger partial charge in [-0.3, -0.25) is 4.90 Å². The number of sulfonamides is 1. The lowest BCUT2D eigenvalue weighted by Crippen LogP contribution is -2.49. The van der Waals surface area contributed by atoms with Crippen LogP contribution in [0.3, 0.4) is 0 Å². The molecule has 0 saturated carbocycles. The molecule has 2 heterocycles. The fraction of sp³-hybridized carbons (Fsp3) is 0.625. The fourth-order valence-electron chi connectivity index (χ4n) is 3.70. The highest BCUT2D eigenvalue weighted by molar-refractivity contribution is 7.89. The second-order valence-corrected chi connectivity index (χ2v) is 8.41. The van der Waals surface area contributed by atoms with Gasteiger partial charge in [-0.15, -0.1) is 0 Å². The molecule has 0 bridgehead atoms. The number of nitrogens with zero attached hydrogens (tertiary/aromatic N) is 2. The van der Waals surface area contributed by atoms with Crippen molar-refractivity contribution in [1.29, 1.82) is 0 Å². The van der Waals surface area contributed by atoms with Gasteiger partial charge in [0.15, 0.2) is 0 Å². The molecule has 116 valence electrons. The molecule has 5 heteroatoms. The quantitative estimate of drug-likeness (QED) is 0.858.